The topological polar surface area (TPSA) is 0 Å². The Morgan fingerprint density at radius 2 is 0.854 bits per heavy atom. The molecule has 0 aromatic heterocycles. The van der Waals surface area contributed by atoms with Gasteiger partial charge in [-0.3, -0.25) is 0 Å². The second-order valence-electron chi connectivity index (χ2n) is 11.1. The van der Waals surface area contributed by atoms with Crippen molar-refractivity contribution >= 4 is 53.9 Å². The monoisotopic (exact) mass is 633 g/mol. The molecule has 0 amide bonds. The van der Waals surface area contributed by atoms with E-state index in [0.717, 1.165) is 3.92 Å². The average molecular weight is 634 g/mol. The van der Waals surface area contributed by atoms with Crippen LogP contribution in [0.2, 0.25) is 0 Å². The van der Waals surface area contributed by atoms with Gasteiger partial charge < -0.3 is 0 Å². The van der Waals surface area contributed by atoms with Crippen LogP contribution in [0.5, 0.6) is 0 Å². The van der Waals surface area contributed by atoms with Gasteiger partial charge in [-0.2, -0.15) is 0 Å². The van der Waals surface area contributed by atoms with Crippen LogP contribution >= 0.6 is 0 Å². The molecule has 41 heavy (non-hydrogen) atoms. The first-order chi connectivity index (χ1) is 20.3. The summed E-state index contributed by atoms with van der Waals surface area (Å²) < 4.78 is 2.23. The van der Waals surface area contributed by atoms with Gasteiger partial charge in [-0.05, 0) is 0 Å². The summed E-state index contributed by atoms with van der Waals surface area (Å²) in [6.45, 7) is 0. The molecule has 0 N–H and O–H groups in total. The molecular weight excluding hydrogens is 607 g/mol. The van der Waals surface area contributed by atoms with E-state index in [9.17, 15) is 0 Å². The molecular formula is C40H26I-. The van der Waals surface area contributed by atoms with Crippen molar-refractivity contribution in [2.45, 2.75) is 3.92 Å². The number of alkyl halides is 2. The van der Waals surface area contributed by atoms with Gasteiger partial charge in [-0.25, -0.2) is 0 Å². The van der Waals surface area contributed by atoms with Crippen molar-refractivity contribution in [3.05, 3.63) is 145 Å². The van der Waals surface area contributed by atoms with Gasteiger partial charge in [-0.15, -0.1) is 0 Å². The molecule has 0 radical (unpaired) electrons. The maximum absolute atomic E-state index is 2.52. The van der Waals surface area contributed by atoms with E-state index < -0.39 is 0 Å². The van der Waals surface area contributed by atoms with Crippen LogP contribution in [0.3, 0.4) is 0 Å². The van der Waals surface area contributed by atoms with Gasteiger partial charge >= 0.3 is 245 Å². The Balaban J connectivity index is 1.45. The normalized spacial score (nSPS) is 15.1. The SMILES string of the molecule is c1ccc2c(-c3cc4c5ccc(C6C[I-]6)cc5c(-c5cccc6ccccc56)cc4c4ccccc34)cccc2c1. The molecule has 8 aromatic rings. The van der Waals surface area contributed by atoms with E-state index in [1.807, 2.05) is 0 Å². The van der Waals surface area contributed by atoms with Crippen molar-refractivity contribution in [2.75, 3.05) is 4.43 Å². The van der Waals surface area contributed by atoms with Crippen LogP contribution in [0.4, 0.5) is 0 Å². The summed E-state index contributed by atoms with van der Waals surface area (Å²) in [4.78, 5) is 0. The fourth-order valence-electron chi connectivity index (χ4n) is 6.80. The van der Waals surface area contributed by atoms with Crippen LogP contribution in [0.25, 0.3) is 76.1 Å². The summed E-state index contributed by atoms with van der Waals surface area (Å²) in [5.41, 5.74) is 6.79. The van der Waals surface area contributed by atoms with E-state index in [1.54, 1.807) is 0 Å². The summed E-state index contributed by atoms with van der Waals surface area (Å²) in [5, 5.41) is 13.2. The molecule has 1 aliphatic heterocycles. The number of fused-ring (bicyclic) bond motifs is 7. The Kier molecular flexibility index (Phi) is 5.24. The molecule has 8 aromatic carbocycles. The summed E-state index contributed by atoms with van der Waals surface area (Å²) in [7, 11) is 0. The van der Waals surface area contributed by atoms with Crippen LogP contribution in [0, 0.1) is 0 Å². The second kappa shape index (κ2) is 9.15. The molecule has 1 saturated heterocycles. The summed E-state index contributed by atoms with van der Waals surface area (Å²) in [5.74, 6) is 0. The third-order valence-electron chi connectivity index (χ3n) is 8.83. The van der Waals surface area contributed by atoms with Crippen LogP contribution in [-0.2, 0) is 0 Å². The van der Waals surface area contributed by atoms with Crippen molar-refractivity contribution in [3.8, 4) is 22.3 Å². The van der Waals surface area contributed by atoms with Crippen LogP contribution in [0.1, 0.15) is 9.49 Å². The van der Waals surface area contributed by atoms with Gasteiger partial charge in [0, 0.05) is 0 Å². The minimum absolute atomic E-state index is 0.332. The molecule has 0 saturated carbocycles. The van der Waals surface area contributed by atoms with Crippen LogP contribution in [-0.4, -0.2) is 4.43 Å². The van der Waals surface area contributed by atoms with Crippen molar-refractivity contribution in [1.29, 1.82) is 0 Å². The Morgan fingerprint density at radius 1 is 0.366 bits per heavy atom. The Hall–Kier alpha value is -4.21. The van der Waals surface area contributed by atoms with Crippen molar-refractivity contribution < 1.29 is 21.2 Å². The summed E-state index contributed by atoms with van der Waals surface area (Å²) in [6, 6.07) is 52.3. The Morgan fingerprint density at radius 3 is 1.46 bits per heavy atom. The predicted molar refractivity (Wildman–Crippen MR) is 172 cm³/mol. The minimum atomic E-state index is 0.332. The van der Waals surface area contributed by atoms with E-state index in [2.05, 4.69) is 140 Å². The van der Waals surface area contributed by atoms with Gasteiger partial charge in [0.15, 0.2) is 0 Å². The maximum atomic E-state index is 2.52. The standard InChI is InChI=1S/C40H26I/c1-3-13-28-25(9-1)11-7-17-30(28)36-22-39-34-20-19-27(40-24-41-40)21-35(34)37(23-38(39)33-16-6-5-15-32(33)36)31-18-8-12-26-10-2-4-14-29(26)31/h1-23,40H,24H2/q-1. The molecule has 0 spiro atoms. The summed E-state index contributed by atoms with van der Waals surface area (Å²) in [6.07, 6.45) is 0. The van der Waals surface area contributed by atoms with Crippen LogP contribution < -0.4 is 21.2 Å². The third kappa shape index (κ3) is 3.72. The van der Waals surface area contributed by atoms with Gasteiger partial charge in [0.05, 0.1) is 0 Å². The van der Waals surface area contributed by atoms with Gasteiger partial charge in [0.1, 0.15) is 0 Å². The Labute approximate surface area is 249 Å². The number of rotatable bonds is 3. The summed E-state index contributed by atoms with van der Waals surface area (Å²) >= 11 is 0.332. The third-order valence-corrected chi connectivity index (χ3v) is 11.3. The molecule has 9 rings (SSSR count). The van der Waals surface area contributed by atoms with Crippen molar-refractivity contribution in [1.82, 2.24) is 0 Å². The molecule has 0 aliphatic carbocycles. The number of halogens is 1. The predicted octanol–water partition coefficient (Wildman–Crippen LogP) is 7.93. The molecule has 1 heteroatoms. The first-order valence-electron chi connectivity index (χ1n) is 14.3. The van der Waals surface area contributed by atoms with Crippen molar-refractivity contribution in [2.24, 2.45) is 0 Å². The van der Waals surface area contributed by atoms with E-state index in [1.165, 1.54) is 86.1 Å². The molecule has 1 unspecified atom stereocenters. The van der Waals surface area contributed by atoms with Crippen LogP contribution in [0.15, 0.2) is 140 Å². The molecule has 1 fully saturated rings. The zero-order valence-corrected chi connectivity index (χ0v) is 24.6. The first-order valence-corrected chi connectivity index (χ1v) is 17.1. The first kappa shape index (κ1) is 23.5. The molecule has 0 bridgehead atoms. The van der Waals surface area contributed by atoms with Crippen molar-refractivity contribution in [3.63, 3.8) is 0 Å². The van der Waals surface area contributed by atoms with Gasteiger partial charge in [0.25, 0.3) is 0 Å². The molecule has 194 valence electrons. The fourth-order valence-corrected chi connectivity index (χ4v) is 8.46. The van der Waals surface area contributed by atoms with E-state index in [0.29, 0.717) is 21.2 Å². The second-order valence-corrected chi connectivity index (χ2v) is 14.4. The van der Waals surface area contributed by atoms with E-state index in [4.69, 9.17) is 0 Å². The van der Waals surface area contributed by atoms with E-state index in [-0.39, 0.29) is 0 Å². The number of benzene rings is 8. The molecule has 1 atom stereocenters. The quantitative estimate of drug-likeness (QED) is 0.105. The molecule has 1 heterocycles. The zero-order chi connectivity index (χ0) is 26.9. The fraction of sp³-hybridized carbons (Fsp3) is 0.0500. The zero-order valence-electron chi connectivity index (χ0n) is 22.4. The average Bonchev–Trinajstić information content (AvgIpc) is 3.89. The molecule has 1 aliphatic rings. The Bertz CT molecular complexity index is 2310. The van der Waals surface area contributed by atoms with Gasteiger partial charge in [-0.1, -0.05) is 6.07 Å². The number of hydrogen-bond donors (Lipinski definition) is 0. The number of hydrogen-bond acceptors (Lipinski definition) is 0. The van der Waals surface area contributed by atoms with Gasteiger partial charge in [0.2, 0.25) is 0 Å². The van der Waals surface area contributed by atoms with E-state index >= 15 is 0 Å². The molecule has 0 nitrogen and oxygen atoms in total.